The van der Waals surface area contributed by atoms with Crippen LogP contribution in [0.1, 0.15) is 57.5 Å². The summed E-state index contributed by atoms with van der Waals surface area (Å²) in [6.45, 7) is 18.1. The molecule has 0 N–H and O–H groups in total. The normalized spacial score (nSPS) is 9.40. The molecule has 0 saturated carbocycles. The average molecular weight is 373 g/mol. The molecule has 0 atom stereocenters. The molecule has 3 aromatic rings. The van der Waals surface area contributed by atoms with Crippen LogP contribution < -0.4 is 0 Å². The van der Waals surface area contributed by atoms with Crippen LogP contribution in [-0.2, 0) is 0 Å². The predicted octanol–water partition coefficient (Wildman–Crippen LogP) is 9.08. The molecule has 0 aliphatic rings. The molecule has 0 spiro atoms. The molecule has 0 aliphatic carbocycles. The molecule has 2 heteroatoms. The lowest BCUT2D eigenvalue weighted by Gasteiger charge is -1.95. The minimum atomic E-state index is 1.15. The largest absolute Gasteiger partial charge is 0.144 e. The summed E-state index contributed by atoms with van der Waals surface area (Å²) >= 11 is 3.56. The van der Waals surface area contributed by atoms with E-state index in [2.05, 4.69) is 66.7 Å². The second-order valence-corrected chi connectivity index (χ2v) is 6.73. The number of fused-ring (bicyclic) bond motifs is 1. The number of thiophene rings is 2. The first-order valence-corrected chi connectivity index (χ1v) is 10.7. The van der Waals surface area contributed by atoms with E-state index in [0.717, 1.165) is 5.57 Å². The van der Waals surface area contributed by atoms with Crippen LogP contribution in [0.25, 0.3) is 21.7 Å². The molecule has 25 heavy (non-hydrogen) atoms. The highest BCUT2D eigenvalue weighted by atomic mass is 32.1. The third-order valence-electron chi connectivity index (χ3n) is 3.10. The van der Waals surface area contributed by atoms with Gasteiger partial charge in [-0.05, 0) is 65.8 Å². The molecule has 136 valence electrons. The Morgan fingerprint density at radius 1 is 1.00 bits per heavy atom. The molecule has 2 aromatic heterocycles. The van der Waals surface area contributed by atoms with Crippen molar-refractivity contribution >= 4 is 44.4 Å². The third kappa shape index (κ3) is 7.41. The fraction of sp³-hybridized carbons (Fsp3) is 0.304. The summed E-state index contributed by atoms with van der Waals surface area (Å²) in [6, 6.07) is 10.6. The highest BCUT2D eigenvalue weighted by Crippen LogP contribution is 2.25. The van der Waals surface area contributed by atoms with Crippen LogP contribution in [0.2, 0.25) is 0 Å². The molecular weight excluding hydrogens is 340 g/mol. The minimum absolute atomic E-state index is 1.15. The molecule has 1 aromatic carbocycles. The van der Waals surface area contributed by atoms with Gasteiger partial charge in [-0.1, -0.05) is 64.6 Å². The summed E-state index contributed by atoms with van der Waals surface area (Å²) < 4.78 is 1.39. The van der Waals surface area contributed by atoms with Gasteiger partial charge in [-0.15, -0.1) is 22.7 Å². The highest BCUT2D eigenvalue weighted by molar-refractivity contribution is 7.17. The minimum Gasteiger partial charge on any atom is -0.144 e. The van der Waals surface area contributed by atoms with Crippen molar-refractivity contribution in [2.24, 2.45) is 0 Å². The van der Waals surface area contributed by atoms with E-state index < -0.39 is 0 Å². The van der Waals surface area contributed by atoms with Crippen molar-refractivity contribution in [2.75, 3.05) is 0 Å². The molecule has 0 radical (unpaired) electrons. The van der Waals surface area contributed by atoms with Crippen molar-refractivity contribution in [3.63, 3.8) is 0 Å². The SMILES string of the molecule is C=C(C)c1sccc1/C=C\C.CC.CC.Cc1csc2ccccc12. The molecule has 0 aliphatic heterocycles. The van der Waals surface area contributed by atoms with Crippen molar-refractivity contribution in [1.82, 2.24) is 0 Å². The second kappa shape index (κ2) is 13.6. The maximum Gasteiger partial charge on any atom is 0.0365 e. The first-order chi connectivity index (χ1) is 12.1. The number of benzene rings is 1. The van der Waals surface area contributed by atoms with Crippen LogP contribution in [0.15, 0.2) is 53.7 Å². The third-order valence-corrected chi connectivity index (χ3v) is 5.28. The van der Waals surface area contributed by atoms with E-state index in [1.807, 2.05) is 52.9 Å². The summed E-state index contributed by atoms with van der Waals surface area (Å²) in [5.41, 5.74) is 3.82. The van der Waals surface area contributed by atoms with Gasteiger partial charge in [-0.2, -0.15) is 0 Å². The van der Waals surface area contributed by atoms with Gasteiger partial charge in [0, 0.05) is 9.58 Å². The van der Waals surface area contributed by atoms with Gasteiger partial charge in [0.15, 0.2) is 0 Å². The van der Waals surface area contributed by atoms with Gasteiger partial charge in [-0.25, -0.2) is 0 Å². The van der Waals surface area contributed by atoms with Crippen molar-refractivity contribution in [3.05, 3.63) is 69.8 Å². The second-order valence-electron chi connectivity index (χ2n) is 4.90. The first kappa shape index (κ1) is 23.4. The molecule has 0 bridgehead atoms. The standard InChI is InChI=1S/C10H12S.C9H8S.2C2H6/c1-4-5-9-6-7-11-10(9)8(2)3;1-7-6-10-9-5-3-2-4-8(7)9;2*1-2/h4-7H,2H2,1,3H3;2-6H,1H3;2*1-2H3/b5-4-;;;. The fourth-order valence-corrected chi connectivity index (χ4v) is 3.86. The number of hydrogen-bond donors (Lipinski definition) is 0. The lowest BCUT2D eigenvalue weighted by Crippen LogP contribution is -1.73. The molecule has 2 heterocycles. The summed E-state index contributed by atoms with van der Waals surface area (Å²) in [4.78, 5) is 1.29. The Bertz CT molecular complexity index is 757. The Morgan fingerprint density at radius 2 is 1.64 bits per heavy atom. The summed E-state index contributed by atoms with van der Waals surface area (Å²) in [7, 11) is 0. The van der Waals surface area contributed by atoms with E-state index in [4.69, 9.17) is 0 Å². The van der Waals surface area contributed by atoms with Gasteiger partial charge in [-0.3, -0.25) is 0 Å². The zero-order chi connectivity index (χ0) is 19.2. The molecule has 0 amide bonds. The van der Waals surface area contributed by atoms with Gasteiger partial charge in [0.2, 0.25) is 0 Å². The zero-order valence-corrected chi connectivity index (χ0v) is 18.4. The molecule has 3 rings (SSSR count). The number of aryl methyl sites for hydroxylation is 1. The van der Waals surface area contributed by atoms with Crippen LogP contribution in [0.5, 0.6) is 0 Å². The van der Waals surface area contributed by atoms with Gasteiger partial charge in [0.1, 0.15) is 0 Å². The van der Waals surface area contributed by atoms with Crippen molar-refractivity contribution in [1.29, 1.82) is 0 Å². The lowest BCUT2D eigenvalue weighted by molar-refractivity contribution is 1.50. The summed E-state index contributed by atoms with van der Waals surface area (Å²) in [6.07, 6.45) is 4.16. The quantitative estimate of drug-likeness (QED) is 0.421. The number of hydrogen-bond acceptors (Lipinski definition) is 2. The van der Waals surface area contributed by atoms with E-state index in [1.54, 1.807) is 11.3 Å². The summed E-state index contributed by atoms with van der Waals surface area (Å²) in [5, 5.41) is 5.69. The first-order valence-electron chi connectivity index (χ1n) is 8.92. The van der Waals surface area contributed by atoms with E-state index in [1.165, 1.54) is 26.1 Å². The maximum absolute atomic E-state index is 3.92. The van der Waals surface area contributed by atoms with Crippen LogP contribution in [0.3, 0.4) is 0 Å². The molecule has 0 fully saturated rings. The monoisotopic (exact) mass is 372 g/mol. The Labute approximate surface area is 162 Å². The van der Waals surface area contributed by atoms with Crippen LogP contribution in [-0.4, -0.2) is 0 Å². The Hall–Kier alpha value is -1.64. The van der Waals surface area contributed by atoms with Crippen molar-refractivity contribution in [3.8, 4) is 0 Å². The van der Waals surface area contributed by atoms with Gasteiger partial charge >= 0.3 is 0 Å². The van der Waals surface area contributed by atoms with Gasteiger partial charge in [0.25, 0.3) is 0 Å². The van der Waals surface area contributed by atoms with Gasteiger partial charge in [0.05, 0.1) is 0 Å². The van der Waals surface area contributed by atoms with Gasteiger partial charge < -0.3 is 0 Å². The Kier molecular flexibility index (Phi) is 12.7. The predicted molar refractivity (Wildman–Crippen MR) is 123 cm³/mol. The molecule has 0 saturated heterocycles. The molecule has 0 unspecified atom stereocenters. The molecular formula is C23H32S2. The van der Waals surface area contributed by atoms with Crippen LogP contribution in [0.4, 0.5) is 0 Å². The van der Waals surface area contributed by atoms with E-state index in [0.29, 0.717) is 0 Å². The van der Waals surface area contributed by atoms with Crippen LogP contribution in [0, 0.1) is 6.92 Å². The smallest absolute Gasteiger partial charge is 0.0365 e. The number of rotatable bonds is 2. The summed E-state index contributed by atoms with van der Waals surface area (Å²) in [5.74, 6) is 0. The van der Waals surface area contributed by atoms with E-state index in [9.17, 15) is 0 Å². The Balaban J connectivity index is 0.000000385. The molecule has 0 nitrogen and oxygen atoms in total. The maximum atomic E-state index is 3.92. The number of allylic oxidation sites excluding steroid dienone is 2. The topological polar surface area (TPSA) is 0 Å². The van der Waals surface area contributed by atoms with Crippen molar-refractivity contribution in [2.45, 2.75) is 48.5 Å². The van der Waals surface area contributed by atoms with E-state index >= 15 is 0 Å². The Morgan fingerprint density at radius 3 is 2.20 bits per heavy atom. The fourth-order valence-electron chi connectivity index (χ4n) is 2.09. The lowest BCUT2D eigenvalue weighted by atomic mass is 10.2. The average Bonchev–Trinajstić information content (AvgIpc) is 3.27. The van der Waals surface area contributed by atoms with Crippen LogP contribution >= 0.6 is 22.7 Å². The van der Waals surface area contributed by atoms with E-state index in [-0.39, 0.29) is 0 Å². The van der Waals surface area contributed by atoms with Crippen molar-refractivity contribution < 1.29 is 0 Å². The highest BCUT2D eigenvalue weighted by Gasteiger charge is 1.99. The zero-order valence-electron chi connectivity index (χ0n) is 16.7.